The van der Waals surface area contributed by atoms with Crippen molar-refractivity contribution in [3.05, 3.63) is 0 Å². The molecule has 1 atom stereocenters. The minimum absolute atomic E-state index is 0.148. The van der Waals surface area contributed by atoms with Crippen LogP contribution in [0.2, 0.25) is 0 Å². The first kappa shape index (κ1) is 27.1. The van der Waals surface area contributed by atoms with E-state index in [-0.39, 0.29) is 6.54 Å². The molecule has 1 unspecified atom stereocenters. The van der Waals surface area contributed by atoms with Crippen LogP contribution in [0.1, 0.15) is 68.7 Å². The zero-order chi connectivity index (χ0) is 22.9. The number of carbonyl (C=O) groups is 3. The summed E-state index contributed by atoms with van der Waals surface area (Å²) in [6.07, 6.45) is -0.834. The summed E-state index contributed by atoms with van der Waals surface area (Å²) in [7, 11) is 0. The van der Waals surface area contributed by atoms with Crippen LogP contribution in [-0.2, 0) is 23.8 Å². The number of esters is 2. The molecule has 0 aromatic rings. The summed E-state index contributed by atoms with van der Waals surface area (Å²) in [4.78, 5) is 35.9. The van der Waals surface area contributed by atoms with E-state index in [0.29, 0.717) is 19.5 Å². The number of nitrogens with one attached hydrogen (secondary N) is 3. The molecule has 170 valence electrons. The zero-order valence-electron chi connectivity index (χ0n) is 19.4. The van der Waals surface area contributed by atoms with E-state index in [1.165, 1.54) is 0 Å². The van der Waals surface area contributed by atoms with Crippen molar-refractivity contribution >= 4 is 18.0 Å². The van der Waals surface area contributed by atoms with E-state index < -0.39 is 41.0 Å². The van der Waals surface area contributed by atoms with Crippen LogP contribution in [0.3, 0.4) is 0 Å². The quantitative estimate of drug-likeness (QED) is 0.226. The predicted octanol–water partition coefficient (Wildman–Crippen LogP) is 2.09. The van der Waals surface area contributed by atoms with Crippen molar-refractivity contribution in [2.45, 2.75) is 91.7 Å². The van der Waals surface area contributed by atoms with Crippen LogP contribution in [-0.4, -0.2) is 60.6 Å². The lowest BCUT2D eigenvalue weighted by Gasteiger charge is -2.26. The van der Waals surface area contributed by atoms with E-state index in [1.54, 1.807) is 62.3 Å². The molecule has 0 saturated heterocycles. The molecule has 0 fully saturated rings. The van der Waals surface area contributed by atoms with Crippen LogP contribution in [0.4, 0.5) is 4.79 Å². The Bertz CT molecular complexity index is 544. The van der Waals surface area contributed by atoms with E-state index in [0.717, 1.165) is 0 Å². The fourth-order valence-electron chi connectivity index (χ4n) is 2.00. The van der Waals surface area contributed by atoms with Gasteiger partial charge in [0.2, 0.25) is 0 Å². The van der Waals surface area contributed by atoms with Crippen LogP contribution >= 0.6 is 0 Å². The third-order valence-corrected chi connectivity index (χ3v) is 2.88. The average molecular weight is 418 g/mol. The molecule has 1 amide bonds. The molecule has 0 spiro atoms. The van der Waals surface area contributed by atoms with Gasteiger partial charge in [-0.3, -0.25) is 15.4 Å². The fraction of sp³-hybridized carbons (Fsp3) is 0.850. The normalized spacial score (nSPS) is 13.4. The topological polar surface area (TPSA) is 115 Å². The number of ether oxygens (including phenoxy) is 3. The van der Waals surface area contributed by atoms with E-state index in [2.05, 4.69) is 16.0 Å². The minimum atomic E-state index is -0.886. The Labute approximate surface area is 174 Å². The van der Waals surface area contributed by atoms with Gasteiger partial charge in [-0.05, 0) is 75.3 Å². The van der Waals surface area contributed by atoms with Crippen LogP contribution < -0.4 is 16.0 Å². The third-order valence-electron chi connectivity index (χ3n) is 2.88. The Hall–Kier alpha value is -1.87. The Morgan fingerprint density at radius 2 is 1.24 bits per heavy atom. The van der Waals surface area contributed by atoms with Gasteiger partial charge in [-0.1, -0.05) is 0 Å². The van der Waals surface area contributed by atoms with Crippen molar-refractivity contribution in [3.8, 4) is 0 Å². The molecule has 3 N–H and O–H groups in total. The molecule has 0 aliphatic heterocycles. The summed E-state index contributed by atoms with van der Waals surface area (Å²) in [6, 6.07) is 0. The molecule has 0 bridgehead atoms. The van der Waals surface area contributed by atoms with E-state index in [9.17, 15) is 14.4 Å². The lowest BCUT2D eigenvalue weighted by Crippen LogP contribution is -2.53. The molecular weight excluding hydrogens is 378 g/mol. The maximum atomic E-state index is 12.4. The molecule has 0 aromatic heterocycles. The lowest BCUT2D eigenvalue weighted by atomic mass is 10.2. The first-order valence-electron chi connectivity index (χ1n) is 9.87. The standard InChI is InChI=1S/C20H39N3O6/c1-18(2,3)27-14(24)13-23-15(16(25)28-19(4,5)6)21-11-10-12-22-17(26)29-20(7,8)9/h15,21,23H,10-13H2,1-9H3,(H,22,26). The highest BCUT2D eigenvalue weighted by Gasteiger charge is 2.26. The molecule has 9 heteroatoms. The first-order valence-corrected chi connectivity index (χ1v) is 9.87. The van der Waals surface area contributed by atoms with E-state index >= 15 is 0 Å². The highest BCUT2D eigenvalue weighted by Crippen LogP contribution is 2.09. The summed E-state index contributed by atoms with van der Waals surface area (Å²) in [5, 5.41) is 8.46. The largest absolute Gasteiger partial charge is 0.459 e. The molecule has 0 aromatic carbocycles. The van der Waals surface area contributed by atoms with Crippen molar-refractivity contribution in [2.75, 3.05) is 19.6 Å². The molecule has 0 rings (SSSR count). The minimum Gasteiger partial charge on any atom is -0.459 e. The molecular formula is C20H39N3O6. The van der Waals surface area contributed by atoms with Crippen LogP contribution in [0.25, 0.3) is 0 Å². The van der Waals surface area contributed by atoms with Crippen molar-refractivity contribution in [2.24, 2.45) is 0 Å². The van der Waals surface area contributed by atoms with Gasteiger partial charge in [0.25, 0.3) is 0 Å². The summed E-state index contributed by atoms with van der Waals surface area (Å²) < 4.78 is 15.8. The smallest absolute Gasteiger partial charge is 0.407 e. The number of alkyl carbamates (subject to hydrolysis) is 1. The molecule has 0 heterocycles. The van der Waals surface area contributed by atoms with Gasteiger partial charge in [-0.2, -0.15) is 0 Å². The number of hydrogen-bond acceptors (Lipinski definition) is 8. The van der Waals surface area contributed by atoms with Crippen molar-refractivity contribution in [1.82, 2.24) is 16.0 Å². The van der Waals surface area contributed by atoms with Gasteiger partial charge in [0.15, 0.2) is 6.17 Å². The Kier molecular flexibility index (Phi) is 10.6. The summed E-state index contributed by atoms with van der Waals surface area (Å²) in [5.41, 5.74) is -1.83. The van der Waals surface area contributed by atoms with Gasteiger partial charge in [-0.15, -0.1) is 0 Å². The van der Waals surface area contributed by atoms with E-state index in [1.807, 2.05) is 0 Å². The maximum absolute atomic E-state index is 12.4. The molecule has 0 saturated carbocycles. The average Bonchev–Trinajstić information content (AvgIpc) is 2.44. The van der Waals surface area contributed by atoms with Crippen LogP contribution in [0.5, 0.6) is 0 Å². The monoisotopic (exact) mass is 417 g/mol. The molecule has 29 heavy (non-hydrogen) atoms. The second-order valence-corrected chi connectivity index (χ2v) is 9.67. The molecule has 9 nitrogen and oxygen atoms in total. The molecule has 0 aliphatic carbocycles. The Morgan fingerprint density at radius 1 is 0.724 bits per heavy atom. The molecule has 0 aliphatic rings. The number of hydrogen-bond donors (Lipinski definition) is 3. The second kappa shape index (κ2) is 11.3. The SMILES string of the molecule is CC(C)(C)OC(=O)CNC(NCCCNC(=O)OC(C)(C)C)C(=O)OC(C)(C)C. The fourth-order valence-corrected chi connectivity index (χ4v) is 2.00. The highest BCUT2D eigenvalue weighted by molar-refractivity contribution is 5.77. The van der Waals surface area contributed by atoms with Crippen molar-refractivity contribution in [1.29, 1.82) is 0 Å². The number of rotatable bonds is 9. The number of amides is 1. The second-order valence-electron chi connectivity index (χ2n) is 9.67. The van der Waals surface area contributed by atoms with E-state index in [4.69, 9.17) is 14.2 Å². The van der Waals surface area contributed by atoms with Gasteiger partial charge in [0.1, 0.15) is 16.8 Å². The zero-order valence-corrected chi connectivity index (χ0v) is 19.4. The summed E-state index contributed by atoms with van der Waals surface area (Å²) in [5.74, 6) is -0.999. The summed E-state index contributed by atoms with van der Waals surface area (Å²) in [6.45, 7) is 16.6. The van der Waals surface area contributed by atoms with Gasteiger partial charge in [0.05, 0.1) is 6.54 Å². The highest BCUT2D eigenvalue weighted by atomic mass is 16.6. The predicted molar refractivity (Wildman–Crippen MR) is 110 cm³/mol. The van der Waals surface area contributed by atoms with Gasteiger partial charge in [0, 0.05) is 6.54 Å². The lowest BCUT2D eigenvalue weighted by molar-refractivity contribution is -0.159. The summed E-state index contributed by atoms with van der Waals surface area (Å²) >= 11 is 0. The van der Waals surface area contributed by atoms with Crippen molar-refractivity contribution in [3.63, 3.8) is 0 Å². The van der Waals surface area contributed by atoms with Gasteiger partial charge in [-0.25, -0.2) is 9.59 Å². The number of carbonyl (C=O) groups excluding carboxylic acids is 3. The molecule has 0 radical (unpaired) electrons. The van der Waals surface area contributed by atoms with Gasteiger partial charge >= 0.3 is 18.0 Å². The van der Waals surface area contributed by atoms with Crippen LogP contribution in [0, 0.1) is 0 Å². The first-order chi connectivity index (χ1) is 13.0. The maximum Gasteiger partial charge on any atom is 0.407 e. The van der Waals surface area contributed by atoms with Crippen LogP contribution in [0.15, 0.2) is 0 Å². The van der Waals surface area contributed by atoms with Crippen molar-refractivity contribution < 1.29 is 28.6 Å². The third kappa shape index (κ3) is 16.8. The van der Waals surface area contributed by atoms with Gasteiger partial charge < -0.3 is 19.5 Å². The Balaban J connectivity index is 4.54. The Morgan fingerprint density at radius 3 is 1.72 bits per heavy atom.